The second-order valence-corrected chi connectivity index (χ2v) is 4.95. The third-order valence-electron chi connectivity index (χ3n) is 2.99. The van der Waals surface area contributed by atoms with Crippen LogP contribution in [0.1, 0.15) is 19.4 Å². The van der Waals surface area contributed by atoms with E-state index in [9.17, 15) is 0 Å². The van der Waals surface area contributed by atoms with Crippen molar-refractivity contribution in [3.8, 4) is 11.8 Å². The molecule has 1 aromatic heterocycles. The average molecular weight is 283 g/mol. The Balaban J connectivity index is 1.91. The third kappa shape index (κ3) is 3.56. The Morgan fingerprint density at radius 2 is 1.95 bits per heavy atom. The lowest BCUT2D eigenvalue weighted by atomic mass is 10.3. The monoisotopic (exact) mass is 283 g/mol. The Hall–Kier alpha value is -1.44. The molecule has 112 valence electrons. The van der Waals surface area contributed by atoms with Crippen molar-refractivity contribution < 1.29 is 18.9 Å². The summed E-state index contributed by atoms with van der Waals surface area (Å²) in [6, 6.07) is 0. The zero-order chi connectivity index (χ0) is 14.6. The Bertz CT molecular complexity index is 431. The molecule has 0 aromatic carbocycles. The van der Waals surface area contributed by atoms with Crippen LogP contribution >= 0.6 is 0 Å². The normalized spacial score (nSPS) is 20.9. The van der Waals surface area contributed by atoms with Crippen LogP contribution in [0.5, 0.6) is 11.8 Å². The summed E-state index contributed by atoms with van der Waals surface area (Å²) in [5, 5.41) is 3.29. The molecule has 0 amide bonds. The average Bonchev–Trinajstić information content (AvgIpc) is 2.78. The number of hydrogen-bond donors (Lipinski definition) is 1. The first kappa shape index (κ1) is 15.0. The van der Waals surface area contributed by atoms with E-state index in [1.165, 1.54) is 6.33 Å². The highest BCUT2D eigenvalue weighted by Gasteiger charge is 2.32. The molecule has 1 aliphatic rings. The molecule has 1 fully saturated rings. The van der Waals surface area contributed by atoms with Crippen molar-refractivity contribution in [1.29, 1.82) is 0 Å². The molecule has 0 aliphatic carbocycles. The van der Waals surface area contributed by atoms with Crippen molar-refractivity contribution in [3.63, 3.8) is 0 Å². The van der Waals surface area contributed by atoms with Crippen LogP contribution in [-0.2, 0) is 16.0 Å². The molecule has 1 unspecified atom stereocenters. The van der Waals surface area contributed by atoms with E-state index >= 15 is 0 Å². The molecule has 1 saturated heterocycles. The van der Waals surface area contributed by atoms with Gasteiger partial charge in [0.25, 0.3) is 0 Å². The molecular formula is C13H21N3O4. The van der Waals surface area contributed by atoms with Gasteiger partial charge in [0.1, 0.15) is 6.33 Å². The van der Waals surface area contributed by atoms with E-state index < -0.39 is 5.79 Å². The van der Waals surface area contributed by atoms with Crippen molar-refractivity contribution >= 4 is 0 Å². The molecule has 20 heavy (non-hydrogen) atoms. The maximum Gasteiger partial charge on any atom is 0.224 e. The summed E-state index contributed by atoms with van der Waals surface area (Å²) in [5.41, 5.74) is 0.788. The van der Waals surface area contributed by atoms with Crippen LogP contribution in [0.2, 0.25) is 0 Å². The number of rotatable bonds is 6. The number of nitrogens with zero attached hydrogens (tertiary/aromatic N) is 2. The molecule has 0 spiro atoms. The van der Waals surface area contributed by atoms with E-state index in [1.807, 2.05) is 13.8 Å². The number of nitrogens with one attached hydrogen (secondary N) is 1. The van der Waals surface area contributed by atoms with Crippen molar-refractivity contribution in [1.82, 2.24) is 15.3 Å². The first-order valence-corrected chi connectivity index (χ1v) is 6.50. The molecule has 0 radical (unpaired) electrons. The fourth-order valence-electron chi connectivity index (χ4n) is 2.11. The second-order valence-electron chi connectivity index (χ2n) is 4.95. The van der Waals surface area contributed by atoms with E-state index in [0.717, 1.165) is 5.56 Å². The van der Waals surface area contributed by atoms with E-state index in [2.05, 4.69) is 15.3 Å². The number of ether oxygens (including phenoxy) is 4. The highest BCUT2D eigenvalue weighted by atomic mass is 16.7. The minimum atomic E-state index is -0.502. The lowest BCUT2D eigenvalue weighted by Gasteiger charge is -2.17. The molecule has 1 aliphatic heterocycles. The van der Waals surface area contributed by atoms with Gasteiger partial charge in [-0.25, -0.2) is 9.97 Å². The fraction of sp³-hybridized carbons (Fsp3) is 0.692. The Labute approximate surface area is 118 Å². The van der Waals surface area contributed by atoms with Crippen molar-refractivity contribution in [3.05, 3.63) is 11.9 Å². The standard InChI is InChI=1S/C13H21N3O4/c1-13(2)19-7-9(20-13)5-14-6-10-11(17-3)15-8-16-12(10)18-4/h8-9,14H,5-7H2,1-4H3. The van der Waals surface area contributed by atoms with Crippen LogP contribution in [-0.4, -0.2) is 49.2 Å². The first-order chi connectivity index (χ1) is 9.55. The van der Waals surface area contributed by atoms with Gasteiger partial charge in [0.15, 0.2) is 5.79 Å². The smallest absolute Gasteiger partial charge is 0.224 e. The molecule has 2 rings (SSSR count). The highest BCUT2D eigenvalue weighted by molar-refractivity contribution is 5.34. The van der Waals surface area contributed by atoms with Gasteiger partial charge in [-0.2, -0.15) is 0 Å². The van der Waals surface area contributed by atoms with E-state index in [-0.39, 0.29) is 6.10 Å². The van der Waals surface area contributed by atoms with E-state index in [0.29, 0.717) is 31.5 Å². The minimum Gasteiger partial charge on any atom is -0.481 e. The van der Waals surface area contributed by atoms with Gasteiger partial charge in [-0.15, -0.1) is 0 Å². The van der Waals surface area contributed by atoms with Gasteiger partial charge in [-0.3, -0.25) is 0 Å². The topological polar surface area (TPSA) is 74.7 Å². The van der Waals surface area contributed by atoms with Gasteiger partial charge in [0, 0.05) is 13.1 Å². The van der Waals surface area contributed by atoms with Gasteiger partial charge in [-0.05, 0) is 13.8 Å². The zero-order valence-corrected chi connectivity index (χ0v) is 12.3. The van der Waals surface area contributed by atoms with Crippen LogP contribution in [0.25, 0.3) is 0 Å². The SMILES string of the molecule is COc1ncnc(OC)c1CNCC1COC(C)(C)O1. The van der Waals surface area contributed by atoms with Crippen molar-refractivity contribution in [2.24, 2.45) is 0 Å². The molecule has 7 nitrogen and oxygen atoms in total. The summed E-state index contributed by atoms with van der Waals surface area (Å²) in [7, 11) is 3.14. The first-order valence-electron chi connectivity index (χ1n) is 6.50. The van der Waals surface area contributed by atoms with Crippen LogP contribution in [0.15, 0.2) is 6.33 Å². The van der Waals surface area contributed by atoms with Gasteiger partial charge < -0.3 is 24.3 Å². The summed E-state index contributed by atoms with van der Waals surface area (Å²) >= 11 is 0. The molecule has 0 bridgehead atoms. The lowest BCUT2D eigenvalue weighted by Crippen LogP contribution is -2.30. The maximum absolute atomic E-state index is 5.72. The van der Waals surface area contributed by atoms with E-state index in [1.54, 1.807) is 14.2 Å². The summed E-state index contributed by atoms with van der Waals surface area (Å²) < 4.78 is 21.7. The molecule has 0 saturated carbocycles. The predicted octanol–water partition coefficient (Wildman–Crippen LogP) is 0.735. The quantitative estimate of drug-likeness (QED) is 0.825. The van der Waals surface area contributed by atoms with Gasteiger partial charge in [0.05, 0.1) is 32.5 Å². The zero-order valence-electron chi connectivity index (χ0n) is 12.3. The predicted molar refractivity (Wildman–Crippen MR) is 71.7 cm³/mol. The maximum atomic E-state index is 5.72. The van der Waals surface area contributed by atoms with Gasteiger partial charge in [0.2, 0.25) is 11.8 Å². The number of hydrogen-bond acceptors (Lipinski definition) is 7. The summed E-state index contributed by atoms with van der Waals surface area (Å²) in [6.45, 7) is 5.60. The van der Waals surface area contributed by atoms with Gasteiger partial charge in [-0.1, -0.05) is 0 Å². The van der Waals surface area contributed by atoms with Crippen LogP contribution in [0, 0.1) is 0 Å². The molecule has 1 atom stereocenters. The second kappa shape index (κ2) is 6.34. The van der Waals surface area contributed by atoms with Crippen LogP contribution < -0.4 is 14.8 Å². The lowest BCUT2D eigenvalue weighted by molar-refractivity contribution is -0.137. The van der Waals surface area contributed by atoms with E-state index in [4.69, 9.17) is 18.9 Å². The molecule has 1 N–H and O–H groups in total. The highest BCUT2D eigenvalue weighted by Crippen LogP contribution is 2.24. The largest absolute Gasteiger partial charge is 0.481 e. The van der Waals surface area contributed by atoms with Crippen LogP contribution in [0.3, 0.4) is 0 Å². The van der Waals surface area contributed by atoms with Gasteiger partial charge >= 0.3 is 0 Å². The summed E-state index contributed by atoms with van der Waals surface area (Å²) in [5.74, 6) is 0.513. The fourth-order valence-corrected chi connectivity index (χ4v) is 2.11. The molecule has 7 heteroatoms. The molecular weight excluding hydrogens is 262 g/mol. The van der Waals surface area contributed by atoms with Crippen LogP contribution in [0.4, 0.5) is 0 Å². The van der Waals surface area contributed by atoms with Crippen molar-refractivity contribution in [2.75, 3.05) is 27.4 Å². The Morgan fingerprint density at radius 1 is 1.30 bits per heavy atom. The summed E-state index contributed by atoms with van der Waals surface area (Å²) in [4.78, 5) is 8.14. The minimum absolute atomic E-state index is 0.0339. The molecule has 1 aromatic rings. The number of aromatic nitrogens is 2. The third-order valence-corrected chi connectivity index (χ3v) is 2.99. The number of methoxy groups -OCH3 is 2. The Morgan fingerprint density at radius 3 is 2.45 bits per heavy atom. The summed E-state index contributed by atoms with van der Waals surface area (Å²) in [6.07, 6.45) is 1.45. The molecule has 2 heterocycles. The van der Waals surface area contributed by atoms with Crippen molar-refractivity contribution in [2.45, 2.75) is 32.3 Å². The Kier molecular flexibility index (Phi) is 4.74.